The van der Waals surface area contributed by atoms with Gasteiger partial charge in [-0.25, -0.2) is 4.98 Å². The lowest BCUT2D eigenvalue weighted by Crippen LogP contribution is -2.39. The minimum atomic E-state index is 0.141. The first kappa shape index (κ1) is 12.1. The number of hydrogen-bond donors (Lipinski definition) is 1. The standard InChI is InChI=1S/C13H22N2S/c1-12(2)5-4-6-13(14-3,8-7-12)11-15-9-10-16-11/h9-10,14H,4-8H2,1-3H3. The molecule has 0 bridgehead atoms. The minimum Gasteiger partial charge on any atom is -0.308 e. The van der Waals surface area contributed by atoms with Crippen LogP contribution < -0.4 is 5.32 Å². The molecule has 0 spiro atoms. The molecule has 1 unspecified atom stereocenters. The Morgan fingerprint density at radius 2 is 2.06 bits per heavy atom. The van der Waals surface area contributed by atoms with Crippen molar-refractivity contribution in [3.63, 3.8) is 0 Å². The monoisotopic (exact) mass is 238 g/mol. The van der Waals surface area contributed by atoms with Crippen LogP contribution in [0.1, 0.15) is 51.0 Å². The fourth-order valence-electron chi connectivity index (χ4n) is 2.70. The fraction of sp³-hybridized carbons (Fsp3) is 0.769. The third-order valence-corrected chi connectivity index (χ3v) is 4.98. The molecular weight excluding hydrogens is 216 g/mol. The summed E-state index contributed by atoms with van der Waals surface area (Å²) in [5.74, 6) is 0. The lowest BCUT2D eigenvalue weighted by molar-refractivity contribution is 0.276. The first-order valence-electron chi connectivity index (χ1n) is 6.17. The van der Waals surface area contributed by atoms with Gasteiger partial charge in [-0.3, -0.25) is 0 Å². The molecule has 2 rings (SSSR count). The molecule has 2 nitrogen and oxygen atoms in total. The predicted molar refractivity (Wildman–Crippen MR) is 69.7 cm³/mol. The maximum Gasteiger partial charge on any atom is 0.113 e. The Balaban J connectivity index is 2.22. The van der Waals surface area contributed by atoms with Crippen LogP contribution in [-0.4, -0.2) is 12.0 Å². The Bertz CT molecular complexity index is 332. The summed E-state index contributed by atoms with van der Waals surface area (Å²) in [7, 11) is 2.08. The Morgan fingerprint density at radius 1 is 1.25 bits per heavy atom. The first-order valence-corrected chi connectivity index (χ1v) is 7.05. The second-order valence-electron chi connectivity index (χ2n) is 5.69. The zero-order chi connectivity index (χ0) is 11.6. The zero-order valence-electron chi connectivity index (χ0n) is 10.5. The molecule has 1 saturated carbocycles. The average Bonchev–Trinajstić information content (AvgIpc) is 2.72. The van der Waals surface area contributed by atoms with E-state index in [1.165, 1.54) is 37.1 Å². The number of hydrogen-bond acceptors (Lipinski definition) is 3. The molecule has 1 fully saturated rings. The van der Waals surface area contributed by atoms with Crippen LogP contribution in [0.15, 0.2) is 11.6 Å². The highest BCUT2D eigenvalue weighted by Gasteiger charge is 2.37. The molecule has 1 N–H and O–H groups in total. The van der Waals surface area contributed by atoms with E-state index in [-0.39, 0.29) is 5.54 Å². The third kappa shape index (κ3) is 2.30. The predicted octanol–water partition coefficient (Wildman–Crippen LogP) is 3.55. The maximum absolute atomic E-state index is 4.53. The van der Waals surface area contributed by atoms with Crippen molar-refractivity contribution in [1.29, 1.82) is 0 Å². The molecule has 1 aliphatic rings. The van der Waals surface area contributed by atoms with Gasteiger partial charge in [0.25, 0.3) is 0 Å². The minimum absolute atomic E-state index is 0.141. The SMILES string of the molecule is CNC1(c2nccs2)CCCC(C)(C)CC1. The van der Waals surface area contributed by atoms with Crippen LogP contribution in [0.4, 0.5) is 0 Å². The zero-order valence-corrected chi connectivity index (χ0v) is 11.4. The quantitative estimate of drug-likeness (QED) is 0.797. The van der Waals surface area contributed by atoms with Gasteiger partial charge in [0.15, 0.2) is 0 Å². The summed E-state index contributed by atoms with van der Waals surface area (Å²) in [6.07, 6.45) is 8.28. The summed E-state index contributed by atoms with van der Waals surface area (Å²) in [6, 6.07) is 0. The molecule has 1 atom stereocenters. The first-order chi connectivity index (χ1) is 7.58. The molecular formula is C13H22N2S. The van der Waals surface area contributed by atoms with Gasteiger partial charge in [-0.2, -0.15) is 0 Å². The van der Waals surface area contributed by atoms with Gasteiger partial charge in [-0.1, -0.05) is 20.3 Å². The highest BCUT2D eigenvalue weighted by atomic mass is 32.1. The summed E-state index contributed by atoms with van der Waals surface area (Å²) >= 11 is 1.79. The highest BCUT2D eigenvalue weighted by Crippen LogP contribution is 2.43. The fourth-order valence-corrected chi connectivity index (χ4v) is 3.61. The molecule has 1 aromatic rings. The van der Waals surface area contributed by atoms with Crippen LogP contribution in [0.2, 0.25) is 0 Å². The second-order valence-corrected chi connectivity index (χ2v) is 6.58. The maximum atomic E-state index is 4.53. The number of nitrogens with one attached hydrogen (secondary N) is 1. The summed E-state index contributed by atoms with van der Waals surface area (Å²) in [4.78, 5) is 4.53. The van der Waals surface area contributed by atoms with Gasteiger partial charge in [0.1, 0.15) is 5.01 Å². The van der Waals surface area contributed by atoms with Gasteiger partial charge in [0.05, 0.1) is 5.54 Å². The smallest absolute Gasteiger partial charge is 0.113 e. The number of aromatic nitrogens is 1. The molecule has 1 aromatic heterocycles. The molecule has 1 aliphatic carbocycles. The van der Waals surface area contributed by atoms with Gasteiger partial charge in [0, 0.05) is 11.6 Å². The third-order valence-electron chi connectivity index (χ3n) is 4.01. The van der Waals surface area contributed by atoms with Crippen LogP contribution in [0.25, 0.3) is 0 Å². The van der Waals surface area contributed by atoms with E-state index in [2.05, 4.69) is 36.6 Å². The van der Waals surface area contributed by atoms with E-state index >= 15 is 0 Å². The Labute approximate surface area is 102 Å². The molecule has 0 amide bonds. The van der Waals surface area contributed by atoms with E-state index in [1.54, 1.807) is 11.3 Å². The molecule has 0 aromatic carbocycles. The molecule has 90 valence electrons. The summed E-state index contributed by atoms with van der Waals surface area (Å²) in [6.45, 7) is 4.78. The van der Waals surface area contributed by atoms with E-state index in [4.69, 9.17) is 0 Å². The van der Waals surface area contributed by atoms with Gasteiger partial charge in [-0.15, -0.1) is 11.3 Å². The Morgan fingerprint density at radius 3 is 2.69 bits per heavy atom. The van der Waals surface area contributed by atoms with Crippen molar-refractivity contribution in [2.45, 2.75) is 51.5 Å². The largest absolute Gasteiger partial charge is 0.308 e. The lowest BCUT2D eigenvalue weighted by atomic mass is 9.83. The van der Waals surface area contributed by atoms with Gasteiger partial charge >= 0.3 is 0 Å². The Kier molecular flexibility index (Phi) is 3.36. The van der Waals surface area contributed by atoms with E-state index < -0.39 is 0 Å². The average molecular weight is 238 g/mol. The number of nitrogens with zero attached hydrogens (tertiary/aromatic N) is 1. The van der Waals surface area contributed by atoms with Crippen LogP contribution in [0.5, 0.6) is 0 Å². The molecule has 0 aliphatic heterocycles. The second kappa shape index (κ2) is 4.46. The normalized spacial score (nSPS) is 29.9. The van der Waals surface area contributed by atoms with Crippen LogP contribution >= 0.6 is 11.3 Å². The summed E-state index contributed by atoms with van der Waals surface area (Å²) in [5, 5.41) is 6.90. The summed E-state index contributed by atoms with van der Waals surface area (Å²) < 4.78 is 0. The molecule has 16 heavy (non-hydrogen) atoms. The molecule has 3 heteroatoms. The highest BCUT2D eigenvalue weighted by molar-refractivity contribution is 7.09. The van der Waals surface area contributed by atoms with Crippen molar-refractivity contribution in [3.8, 4) is 0 Å². The van der Waals surface area contributed by atoms with Crippen molar-refractivity contribution in [3.05, 3.63) is 16.6 Å². The number of rotatable bonds is 2. The molecule has 0 saturated heterocycles. The van der Waals surface area contributed by atoms with Crippen molar-refractivity contribution in [2.75, 3.05) is 7.05 Å². The van der Waals surface area contributed by atoms with Crippen LogP contribution in [0.3, 0.4) is 0 Å². The van der Waals surface area contributed by atoms with Crippen molar-refractivity contribution < 1.29 is 0 Å². The van der Waals surface area contributed by atoms with Gasteiger partial charge in [0.2, 0.25) is 0 Å². The van der Waals surface area contributed by atoms with E-state index in [9.17, 15) is 0 Å². The molecule has 1 heterocycles. The van der Waals surface area contributed by atoms with E-state index in [0.29, 0.717) is 5.41 Å². The van der Waals surface area contributed by atoms with Crippen molar-refractivity contribution >= 4 is 11.3 Å². The van der Waals surface area contributed by atoms with E-state index in [1.807, 2.05) is 6.20 Å². The van der Waals surface area contributed by atoms with Crippen LogP contribution in [-0.2, 0) is 5.54 Å². The van der Waals surface area contributed by atoms with Crippen molar-refractivity contribution in [2.24, 2.45) is 5.41 Å². The lowest BCUT2D eigenvalue weighted by Gasteiger charge is -2.31. The Hall–Kier alpha value is -0.410. The van der Waals surface area contributed by atoms with Crippen LogP contribution in [0, 0.1) is 5.41 Å². The van der Waals surface area contributed by atoms with E-state index in [0.717, 1.165) is 0 Å². The topological polar surface area (TPSA) is 24.9 Å². The van der Waals surface area contributed by atoms with Gasteiger partial charge < -0.3 is 5.32 Å². The van der Waals surface area contributed by atoms with Crippen molar-refractivity contribution in [1.82, 2.24) is 10.3 Å². The number of thiazole rings is 1. The van der Waals surface area contributed by atoms with Gasteiger partial charge in [-0.05, 0) is 38.1 Å². The molecule has 0 radical (unpaired) electrons. The summed E-state index contributed by atoms with van der Waals surface area (Å²) in [5.41, 5.74) is 0.637.